The van der Waals surface area contributed by atoms with Crippen LogP contribution in [-0.4, -0.2) is 88.0 Å². The number of alkyl halides is 1. The highest BCUT2D eigenvalue weighted by Gasteiger charge is 2.61. The monoisotopic (exact) mass is 598 g/mol. The second-order valence-corrected chi connectivity index (χ2v) is 11.9. The Morgan fingerprint density at radius 3 is 2.56 bits per heavy atom. The molecule has 0 aromatic heterocycles. The van der Waals surface area contributed by atoms with Gasteiger partial charge in [-0.2, -0.15) is 14.5 Å². The molecule has 4 bridgehead atoms. The van der Waals surface area contributed by atoms with Crippen LogP contribution in [-0.2, 0) is 32.9 Å². The molecule has 2 saturated heterocycles. The van der Waals surface area contributed by atoms with E-state index in [0.717, 1.165) is 17.7 Å². The van der Waals surface area contributed by atoms with Crippen molar-refractivity contribution in [3.63, 3.8) is 0 Å². The number of nitrogens with one attached hydrogen (secondary N) is 1. The molecule has 0 spiro atoms. The summed E-state index contributed by atoms with van der Waals surface area (Å²) in [6.07, 6.45) is -2.42. The van der Waals surface area contributed by atoms with Crippen LogP contribution in [0.4, 0.5) is 9.18 Å². The number of imide groups is 3. The molecule has 0 saturated carbocycles. The number of nitrogens with zero attached hydrogens (tertiary/aromatic N) is 2. The Morgan fingerprint density at radius 1 is 1.12 bits per heavy atom. The van der Waals surface area contributed by atoms with E-state index in [4.69, 9.17) is 18.5 Å². The highest BCUT2D eigenvalue weighted by Crippen LogP contribution is 2.46. The molecule has 2 N–H and O–H groups in total. The molecule has 41 heavy (non-hydrogen) atoms. The van der Waals surface area contributed by atoms with Gasteiger partial charge < -0.3 is 19.1 Å². The van der Waals surface area contributed by atoms with Crippen molar-refractivity contribution in [2.45, 2.75) is 82.5 Å². The van der Waals surface area contributed by atoms with Gasteiger partial charge in [0.1, 0.15) is 30.4 Å². The molecule has 1 aromatic carbocycles. The van der Waals surface area contributed by atoms with Gasteiger partial charge in [0.15, 0.2) is 0 Å². The minimum Gasteiger partial charge on any atom is -0.465 e. The number of para-hydroxylation sites is 1. The summed E-state index contributed by atoms with van der Waals surface area (Å²) in [7, 11) is -4.35. The van der Waals surface area contributed by atoms with Gasteiger partial charge >= 0.3 is 31.6 Å². The lowest BCUT2D eigenvalue weighted by molar-refractivity contribution is -0.545. The molecule has 224 valence electrons. The highest BCUT2D eigenvalue weighted by molar-refractivity contribution is 7.52. The summed E-state index contributed by atoms with van der Waals surface area (Å²) in [6, 6.07) is 5.74. The molecule has 3 aliphatic rings. The van der Waals surface area contributed by atoms with Crippen LogP contribution in [0.25, 0.3) is 0 Å². The van der Waals surface area contributed by atoms with Gasteiger partial charge in [-0.05, 0) is 38.8 Å². The number of ether oxygens (including phenoxy) is 2. The molecular formula is C26H34FN3O10P+. The maximum atomic E-state index is 15.9. The Bertz CT molecular complexity index is 1240. The molecule has 3 aliphatic heterocycles. The summed E-state index contributed by atoms with van der Waals surface area (Å²) in [5.41, 5.74) is -2.58. The van der Waals surface area contributed by atoms with E-state index < -0.39 is 68.3 Å². The number of amides is 4. The van der Waals surface area contributed by atoms with Crippen molar-refractivity contribution in [1.82, 2.24) is 9.99 Å². The van der Waals surface area contributed by atoms with Gasteiger partial charge in [-0.25, -0.2) is 18.5 Å². The fraction of sp³-hybridized carbons (Fsp3) is 0.577. The number of aliphatic hydroxyl groups is 1. The van der Waals surface area contributed by atoms with Gasteiger partial charge in [0.05, 0.1) is 25.8 Å². The molecule has 4 amide bonds. The molecule has 13 nitrogen and oxygen atoms in total. The average Bonchev–Trinajstić information content (AvgIpc) is 3.14. The quantitative estimate of drug-likeness (QED) is 0.223. The van der Waals surface area contributed by atoms with Crippen LogP contribution in [0.5, 0.6) is 5.75 Å². The zero-order valence-corrected chi connectivity index (χ0v) is 23.7. The first kappa shape index (κ1) is 30.9. The number of hydrogen-bond donors (Lipinski definition) is 2. The zero-order valence-electron chi connectivity index (χ0n) is 22.8. The number of hydrogen-bond acceptors (Lipinski definition) is 10. The van der Waals surface area contributed by atoms with Crippen molar-refractivity contribution in [2.24, 2.45) is 0 Å². The first-order valence-corrected chi connectivity index (χ1v) is 14.9. The van der Waals surface area contributed by atoms with E-state index in [2.05, 4.69) is 5.09 Å². The molecular weight excluding hydrogens is 564 g/mol. The maximum absolute atomic E-state index is 15.9. The number of aliphatic hydroxyl groups excluding tert-OH is 1. The first-order valence-electron chi connectivity index (χ1n) is 13.4. The summed E-state index contributed by atoms with van der Waals surface area (Å²) in [5, 5.41) is 13.3. The number of carbonyl (C=O) groups is 4. The molecule has 15 heteroatoms. The number of urea groups is 1. The Hall–Kier alpha value is -3.03. The van der Waals surface area contributed by atoms with Gasteiger partial charge in [0, 0.05) is 0 Å². The van der Waals surface area contributed by atoms with Crippen LogP contribution in [0.15, 0.2) is 30.3 Å². The van der Waals surface area contributed by atoms with Crippen LogP contribution in [0.2, 0.25) is 0 Å². The Balaban J connectivity index is 1.62. The first-order chi connectivity index (χ1) is 19.4. The van der Waals surface area contributed by atoms with Crippen LogP contribution in [0, 0.1) is 0 Å². The van der Waals surface area contributed by atoms with Crippen LogP contribution in [0.1, 0.15) is 52.4 Å². The standard InChI is InChI=1S/C26H34FN3O10P/c1-17-23(34)37-15-9-4-3-8-12-20(31)30-21(32)13-14-29(25(30)35)24-26(2,27)22(33)19(39-24)16-38-41(36,28-17)40-18-10-6-5-7-11-18/h5-7,10-11,14,17,19,22,24,33H,3-4,8-9,12-13,15-16H2,1-2H3,(H,28,36)/q+1/t17-,19?,22+,24?,26+,41?/m0/s1. The van der Waals surface area contributed by atoms with E-state index >= 15 is 4.39 Å². The predicted molar refractivity (Wildman–Crippen MR) is 140 cm³/mol. The molecule has 1 aromatic rings. The summed E-state index contributed by atoms with van der Waals surface area (Å²) >= 11 is 0. The fourth-order valence-corrected chi connectivity index (χ4v) is 6.18. The smallest absolute Gasteiger partial charge is 0.465 e. The van der Waals surface area contributed by atoms with Crippen LogP contribution >= 0.6 is 7.75 Å². The van der Waals surface area contributed by atoms with E-state index in [1.54, 1.807) is 18.2 Å². The van der Waals surface area contributed by atoms with Crippen LogP contribution in [0.3, 0.4) is 0 Å². The van der Waals surface area contributed by atoms with Crippen molar-refractivity contribution < 1.29 is 56.3 Å². The Labute approximate surface area is 236 Å². The third-order valence-electron chi connectivity index (χ3n) is 6.96. The summed E-state index contributed by atoms with van der Waals surface area (Å²) < 4.78 is 52.4. The van der Waals surface area contributed by atoms with Gasteiger partial charge in [-0.15, -0.1) is 0 Å². The minimum absolute atomic E-state index is 0.0654. The number of cyclic esters (lactones) is 1. The van der Waals surface area contributed by atoms with Crippen molar-refractivity contribution in [3.05, 3.63) is 30.3 Å². The Kier molecular flexibility index (Phi) is 9.70. The SMILES string of the molecule is C[C@@H]1NP(=O)(Oc2ccccc2)OCC2OC([N+]3=CCC(=O)N(C(=O)CCCCCCOC1=O)C3=O)[C@](C)(F)[C@@H]2O. The Morgan fingerprint density at radius 2 is 1.83 bits per heavy atom. The van der Waals surface area contributed by atoms with E-state index in [9.17, 15) is 28.8 Å². The lowest BCUT2D eigenvalue weighted by Gasteiger charge is -2.26. The lowest BCUT2D eigenvalue weighted by atomic mass is 9.98. The second-order valence-electron chi connectivity index (χ2n) is 10.2. The van der Waals surface area contributed by atoms with Crippen molar-refractivity contribution in [2.75, 3.05) is 13.2 Å². The maximum Gasteiger partial charge on any atom is 0.510 e. The normalized spacial score (nSPS) is 34.5. The minimum atomic E-state index is -4.35. The summed E-state index contributed by atoms with van der Waals surface area (Å²) in [4.78, 5) is 51.4. The molecule has 2 fully saturated rings. The predicted octanol–water partition coefficient (Wildman–Crippen LogP) is 2.45. The highest BCUT2D eigenvalue weighted by atomic mass is 31.2. The van der Waals surface area contributed by atoms with E-state index in [1.807, 2.05) is 0 Å². The zero-order chi connectivity index (χ0) is 29.8. The number of carbonyl (C=O) groups excluding carboxylic acids is 4. The van der Waals surface area contributed by atoms with E-state index in [-0.39, 0.29) is 25.2 Å². The summed E-state index contributed by atoms with van der Waals surface area (Å²) in [5.74, 6) is -2.08. The van der Waals surface area contributed by atoms with Crippen LogP contribution < -0.4 is 9.61 Å². The van der Waals surface area contributed by atoms with Gasteiger partial charge in [0.25, 0.3) is 0 Å². The molecule has 3 heterocycles. The molecule has 3 unspecified atom stereocenters. The van der Waals surface area contributed by atoms with E-state index in [1.165, 1.54) is 19.1 Å². The fourth-order valence-electron chi connectivity index (χ4n) is 4.67. The average molecular weight is 599 g/mol. The van der Waals surface area contributed by atoms with Gasteiger partial charge in [-0.1, -0.05) is 35.9 Å². The largest absolute Gasteiger partial charge is 0.510 e. The lowest BCUT2D eigenvalue weighted by Crippen LogP contribution is -2.56. The third-order valence-corrected chi connectivity index (χ3v) is 8.60. The van der Waals surface area contributed by atoms with Gasteiger partial charge in [-0.3, -0.25) is 9.32 Å². The topological polar surface area (TPSA) is 161 Å². The number of halogens is 1. The molecule has 0 radical (unpaired) electrons. The van der Waals surface area contributed by atoms with Crippen molar-refractivity contribution in [3.8, 4) is 5.75 Å². The number of rotatable bonds is 2. The number of esters is 1. The second kappa shape index (κ2) is 12.9. The van der Waals surface area contributed by atoms with E-state index in [0.29, 0.717) is 30.6 Å². The molecule has 0 aliphatic carbocycles. The van der Waals surface area contributed by atoms with Crippen molar-refractivity contribution >= 4 is 37.8 Å². The third kappa shape index (κ3) is 7.07. The molecule has 6 atom stereocenters. The summed E-state index contributed by atoms with van der Waals surface area (Å²) in [6.45, 7) is 1.79. The molecule has 4 rings (SSSR count). The van der Waals surface area contributed by atoms with Crippen molar-refractivity contribution in [1.29, 1.82) is 0 Å². The number of benzene rings is 1. The number of fused-ring (bicyclic) bond motifs is 5. The van der Waals surface area contributed by atoms with Gasteiger partial charge in [0.2, 0.25) is 11.9 Å².